The van der Waals surface area contributed by atoms with Crippen molar-refractivity contribution < 1.29 is 0 Å². The van der Waals surface area contributed by atoms with Gasteiger partial charge >= 0.3 is 0 Å². The zero-order valence-corrected chi connectivity index (χ0v) is 9.28. The predicted molar refractivity (Wildman–Crippen MR) is 58.8 cm³/mol. The maximum atomic E-state index is 6.02. The van der Waals surface area contributed by atoms with Crippen LogP contribution in [0.25, 0.3) is 0 Å². The lowest BCUT2D eigenvalue weighted by atomic mass is 9.63. The highest BCUT2D eigenvalue weighted by Gasteiger charge is 2.47. The van der Waals surface area contributed by atoms with Crippen LogP contribution < -0.4 is 5.73 Å². The van der Waals surface area contributed by atoms with E-state index >= 15 is 0 Å². The van der Waals surface area contributed by atoms with E-state index < -0.39 is 0 Å². The van der Waals surface area contributed by atoms with Gasteiger partial charge in [-0.1, -0.05) is 6.92 Å². The number of hydrogen-bond donors (Lipinski definition) is 1. The van der Waals surface area contributed by atoms with Crippen molar-refractivity contribution in [2.75, 3.05) is 0 Å². The van der Waals surface area contributed by atoms with Crippen molar-refractivity contribution in [3.05, 3.63) is 0 Å². The van der Waals surface area contributed by atoms with E-state index in [0.717, 1.165) is 29.6 Å². The van der Waals surface area contributed by atoms with Crippen molar-refractivity contribution in [3.63, 3.8) is 0 Å². The van der Waals surface area contributed by atoms with Crippen LogP contribution in [0.4, 0.5) is 0 Å². The highest BCUT2D eigenvalue weighted by molar-refractivity contribution is 4.99. The van der Waals surface area contributed by atoms with E-state index in [1.165, 1.54) is 38.5 Å². The fraction of sp³-hybridized carbons (Fsp3) is 1.00. The Balaban J connectivity index is 1.51. The third-order valence-electron chi connectivity index (χ3n) is 5.10. The summed E-state index contributed by atoms with van der Waals surface area (Å²) < 4.78 is 0. The van der Waals surface area contributed by atoms with Crippen molar-refractivity contribution in [1.82, 2.24) is 0 Å². The standard InChI is InChI=1S/C13H23N/c1-8(9-2-3-9)4-10-5-11-6-12(14)7-13(10)11/h8-13H,2-7,14H2,1H3/t8?,10?,11?,12-,13?/m1/s1. The Labute approximate surface area is 87.4 Å². The SMILES string of the molecule is CC(CC1CC2C[C@@H](N)CC12)C1CC1. The molecule has 0 spiro atoms. The van der Waals surface area contributed by atoms with Gasteiger partial charge in [0.25, 0.3) is 0 Å². The Morgan fingerprint density at radius 2 is 2.00 bits per heavy atom. The highest BCUT2D eigenvalue weighted by Crippen LogP contribution is 2.54. The van der Waals surface area contributed by atoms with Gasteiger partial charge < -0.3 is 5.73 Å². The summed E-state index contributed by atoms with van der Waals surface area (Å²) in [6.07, 6.45) is 8.72. The van der Waals surface area contributed by atoms with Crippen LogP contribution in [-0.2, 0) is 0 Å². The zero-order chi connectivity index (χ0) is 9.71. The van der Waals surface area contributed by atoms with Crippen LogP contribution in [0.2, 0.25) is 0 Å². The summed E-state index contributed by atoms with van der Waals surface area (Å²) in [6.45, 7) is 2.47. The van der Waals surface area contributed by atoms with E-state index in [1.54, 1.807) is 0 Å². The largest absolute Gasteiger partial charge is 0.328 e. The molecule has 80 valence electrons. The van der Waals surface area contributed by atoms with Crippen molar-refractivity contribution >= 4 is 0 Å². The van der Waals surface area contributed by atoms with Gasteiger partial charge in [-0.05, 0) is 68.1 Å². The molecule has 3 rings (SSSR count). The Bertz CT molecular complexity index is 221. The molecular weight excluding hydrogens is 170 g/mol. The van der Waals surface area contributed by atoms with Gasteiger partial charge in [0, 0.05) is 6.04 Å². The van der Waals surface area contributed by atoms with Crippen molar-refractivity contribution in [2.45, 2.75) is 51.5 Å². The summed E-state index contributed by atoms with van der Waals surface area (Å²) >= 11 is 0. The molecule has 1 heteroatoms. The van der Waals surface area contributed by atoms with Crippen LogP contribution in [0.3, 0.4) is 0 Å². The summed E-state index contributed by atoms with van der Waals surface area (Å²) in [7, 11) is 0. The lowest BCUT2D eigenvalue weighted by molar-refractivity contribution is 0.0776. The molecule has 0 amide bonds. The molecule has 0 radical (unpaired) electrons. The molecule has 3 fully saturated rings. The van der Waals surface area contributed by atoms with E-state index in [9.17, 15) is 0 Å². The Kier molecular flexibility index (Phi) is 2.12. The minimum atomic E-state index is 0.547. The molecule has 3 aliphatic carbocycles. The molecule has 2 N–H and O–H groups in total. The maximum Gasteiger partial charge on any atom is 0.00444 e. The molecule has 0 aliphatic heterocycles. The first-order chi connectivity index (χ1) is 6.74. The summed E-state index contributed by atoms with van der Waals surface area (Å²) in [6, 6.07) is 0.547. The van der Waals surface area contributed by atoms with Gasteiger partial charge in [0.2, 0.25) is 0 Å². The first-order valence-electron chi connectivity index (χ1n) is 6.49. The van der Waals surface area contributed by atoms with Crippen LogP contribution in [0.15, 0.2) is 0 Å². The second kappa shape index (κ2) is 3.23. The average Bonchev–Trinajstić information content (AvgIpc) is 2.91. The predicted octanol–water partition coefficient (Wildman–Crippen LogP) is 2.80. The normalized spacial score (nSPS) is 48.4. The molecule has 0 aromatic heterocycles. The van der Waals surface area contributed by atoms with Crippen molar-refractivity contribution in [1.29, 1.82) is 0 Å². The maximum absolute atomic E-state index is 6.02. The summed E-state index contributed by atoms with van der Waals surface area (Å²) in [5.41, 5.74) is 6.02. The Hall–Kier alpha value is -0.0400. The number of hydrogen-bond acceptors (Lipinski definition) is 1. The topological polar surface area (TPSA) is 26.0 Å². The molecule has 0 bridgehead atoms. The van der Waals surface area contributed by atoms with Gasteiger partial charge in [0.05, 0.1) is 0 Å². The van der Waals surface area contributed by atoms with Crippen LogP contribution in [0, 0.1) is 29.6 Å². The average molecular weight is 193 g/mol. The van der Waals surface area contributed by atoms with Gasteiger partial charge in [0.15, 0.2) is 0 Å². The van der Waals surface area contributed by atoms with Gasteiger partial charge in [-0.2, -0.15) is 0 Å². The molecule has 3 saturated carbocycles. The van der Waals surface area contributed by atoms with E-state index in [2.05, 4.69) is 6.92 Å². The molecule has 1 nitrogen and oxygen atoms in total. The number of nitrogens with two attached hydrogens (primary N) is 1. The second-order valence-corrected chi connectivity index (χ2v) is 6.20. The van der Waals surface area contributed by atoms with Gasteiger partial charge in [-0.15, -0.1) is 0 Å². The van der Waals surface area contributed by atoms with Gasteiger partial charge in [-0.25, -0.2) is 0 Å². The zero-order valence-electron chi connectivity index (χ0n) is 9.28. The second-order valence-electron chi connectivity index (χ2n) is 6.20. The molecular formula is C13H23N. The fourth-order valence-corrected chi connectivity index (χ4v) is 4.02. The van der Waals surface area contributed by atoms with E-state index in [4.69, 9.17) is 5.73 Å². The highest BCUT2D eigenvalue weighted by atomic mass is 14.7. The fourth-order valence-electron chi connectivity index (χ4n) is 4.02. The smallest absolute Gasteiger partial charge is 0.00444 e. The van der Waals surface area contributed by atoms with Crippen molar-refractivity contribution in [2.24, 2.45) is 35.3 Å². The third-order valence-corrected chi connectivity index (χ3v) is 5.10. The minimum absolute atomic E-state index is 0.547. The Morgan fingerprint density at radius 3 is 2.64 bits per heavy atom. The molecule has 0 aromatic rings. The van der Waals surface area contributed by atoms with Crippen LogP contribution >= 0.6 is 0 Å². The molecule has 3 aliphatic rings. The molecule has 0 aromatic carbocycles. The lowest BCUT2D eigenvalue weighted by Gasteiger charge is -2.42. The molecule has 0 saturated heterocycles. The third kappa shape index (κ3) is 1.50. The summed E-state index contributed by atoms with van der Waals surface area (Å²) in [5.74, 6) is 5.23. The Morgan fingerprint density at radius 1 is 1.21 bits per heavy atom. The van der Waals surface area contributed by atoms with Crippen LogP contribution in [-0.4, -0.2) is 6.04 Å². The van der Waals surface area contributed by atoms with E-state index in [0.29, 0.717) is 6.04 Å². The van der Waals surface area contributed by atoms with Gasteiger partial charge in [0.1, 0.15) is 0 Å². The number of rotatable bonds is 3. The quantitative estimate of drug-likeness (QED) is 0.733. The molecule has 14 heavy (non-hydrogen) atoms. The minimum Gasteiger partial charge on any atom is -0.328 e. The first-order valence-corrected chi connectivity index (χ1v) is 6.49. The molecule has 4 unspecified atom stereocenters. The van der Waals surface area contributed by atoms with Crippen LogP contribution in [0.1, 0.15) is 45.4 Å². The molecule has 0 heterocycles. The van der Waals surface area contributed by atoms with E-state index in [-0.39, 0.29) is 0 Å². The van der Waals surface area contributed by atoms with Gasteiger partial charge in [-0.3, -0.25) is 0 Å². The van der Waals surface area contributed by atoms with E-state index in [1.807, 2.05) is 0 Å². The number of fused-ring (bicyclic) bond motifs is 1. The first kappa shape index (κ1) is 9.21. The van der Waals surface area contributed by atoms with Crippen molar-refractivity contribution in [3.8, 4) is 0 Å². The van der Waals surface area contributed by atoms with Crippen LogP contribution in [0.5, 0.6) is 0 Å². The lowest BCUT2D eigenvalue weighted by Crippen LogP contribution is -2.33. The monoisotopic (exact) mass is 193 g/mol. The molecule has 5 atom stereocenters. The summed E-state index contributed by atoms with van der Waals surface area (Å²) in [5, 5.41) is 0. The summed E-state index contributed by atoms with van der Waals surface area (Å²) in [4.78, 5) is 0.